The average molecular weight is 857 g/mol. The molecule has 0 radical (unpaired) electrons. The van der Waals surface area contributed by atoms with E-state index in [2.05, 4.69) is 14.7 Å². The van der Waals surface area contributed by atoms with Crippen molar-refractivity contribution < 1.29 is 28.5 Å². The predicted octanol–water partition coefficient (Wildman–Crippen LogP) is 6.67. The zero-order chi connectivity index (χ0) is 44.1. The molecule has 2 aromatic heterocycles. The van der Waals surface area contributed by atoms with Crippen LogP contribution in [0, 0.1) is 0 Å². The number of aromatic nitrogens is 4. The van der Waals surface area contributed by atoms with Gasteiger partial charge in [0.15, 0.2) is 0 Å². The van der Waals surface area contributed by atoms with E-state index >= 15 is 0 Å². The Balaban J connectivity index is 1.04. The van der Waals surface area contributed by atoms with Crippen LogP contribution in [-0.4, -0.2) is 123 Å². The number of hydrogen-bond donors (Lipinski definition) is 0. The predicted molar refractivity (Wildman–Crippen MR) is 243 cm³/mol. The maximum Gasteiger partial charge on any atom is 0.410 e. The number of ether oxygens (including phenoxy) is 4. The fraction of sp³-hybridized carbons (Fsp3) is 0.404. The van der Waals surface area contributed by atoms with E-state index in [0.717, 1.165) is 45.1 Å². The molecule has 3 aliphatic heterocycles. The minimum absolute atomic E-state index is 0.197. The van der Waals surface area contributed by atoms with Crippen molar-refractivity contribution in [2.75, 3.05) is 105 Å². The molecule has 0 spiro atoms. The molecule has 5 heterocycles. The van der Waals surface area contributed by atoms with Gasteiger partial charge in [0.1, 0.15) is 22.9 Å². The third-order valence-electron chi connectivity index (χ3n) is 11.4. The van der Waals surface area contributed by atoms with E-state index in [1.54, 1.807) is 36.0 Å². The molecule has 0 N–H and O–H groups in total. The fourth-order valence-corrected chi connectivity index (χ4v) is 7.94. The molecular formula is C47H56N10O6. The second kappa shape index (κ2) is 18.7. The van der Waals surface area contributed by atoms with Crippen LogP contribution in [0.25, 0.3) is 11.3 Å². The summed E-state index contributed by atoms with van der Waals surface area (Å²) >= 11 is 0. The molecule has 2 saturated heterocycles. The zero-order valence-corrected chi connectivity index (χ0v) is 37.0. The largest absolute Gasteiger partial charge is 0.497 e. The van der Waals surface area contributed by atoms with Crippen LogP contribution in [0.15, 0.2) is 85.2 Å². The Morgan fingerprint density at radius 2 is 1.38 bits per heavy atom. The lowest BCUT2D eigenvalue weighted by molar-refractivity contribution is 0.0240. The molecule has 330 valence electrons. The van der Waals surface area contributed by atoms with Gasteiger partial charge >= 0.3 is 12.1 Å². The van der Waals surface area contributed by atoms with Crippen molar-refractivity contribution in [3.05, 3.63) is 102 Å². The Labute approximate surface area is 369 Å². The number of nitrogens with zero attached hydrogens (tertiary/aromatic N) is 10. The Morgan fingerprint density at radius 3 is 1.97 bits per heavy atom. The van der Waals surface area contributed by atoms with Crippen molar-refractivity contribution in [1.82, 2.24) is 24.8 Å². The first kappa shape index (κ1) is 43.0. The molecule has 8 rings (SSSR count). The lowest BCUT2D eigenvalue weighted by Gasteiger charge is -2.37. The van der Waals surface area contributed by atoms with Crippen LogP contribution >= 0.6 is 0 Å². The van der Waals surface area contributed by atoms with Gasteiger partial charge in [-0.25, -0.2) is 24.5 Å². The molecule has 2 fully saturated rings. The number of carbonyl (C=O) groups excluding carboxylic acids is 2. The summed E-state index contributed by atoms with van der Waals surface area (Å²) in [6.45, 7) is 12.0. The van der Waals surface area contributed by atoms with Crippen molar-refractivity contribution in [3.63, 3.8) is 0 Å². The third-order valence-corrected chi connectivity index (χ3v) is 11.4. The number of benzene rings is 3. The van der Waals surface area contributed by atoms with Crippen molar-refractivity contribution in [2.45, 2.75) is 45.9 Å². The van der Waals surface area contributed by atoms with Gasteiger partial charge in [-0.1, -0.05) is 30.3 Å². The number of amides is 3. The first-order valence-electron chi connectivity index (χ1n) is 21.4. The van der Waals surface area contributed by atoms with Crippen LogP contribution in [0.1, 0.15) is 37.5 Å². The molecule has 0 bridgehead atoms. The minimum atomic E-state index is -0.547. The third kappa shape index (κ3) is 10.0. The Kier molecular flexibility index (Phi) is 12.8. The van der Waals surface area contributed by atoms with Gasteiger partial charge in [0.05, 0.1) is 33.1 Å². The molecule has 63 heavy (non-hydrogen) atoms. The van der Waals surface area contributed by atoms with Crippen LogP contribution in [0.2, 0.25) is 0 Å². The van der Waals surface area contributed by atoms with Crippen molar-refractivity contribution >= 4 is 41.2 Å². The summed E-state index contributed by atoms with van der Waals surface area (Å²) in [4.78, 5) is 58.9. The number of rotatable bonds is 11. The number of anilines is 5. The first-order chi connectivity index (χ1) is 30.5. The van der Waals surface area contributed by atoms with Crippen LogP contribution < -0.4 is 34.0 Å². The molecule has 0 aliphatic carbocycles. The molecule has 3 aromatic carbocycles. The van der Waals surface area contributed by atoms with E-state index in [-0.39, 0.29) is 12.1 Å². The van der Waals surface area contributed by atoms with Gasteiger partial charge in [0.2, 0.25) is 11.9 Å². The van der Waals surface area contributed by atoms with E-state index < -0.39 is 5.60 Å². The van der Waals surface area contributed by atoms with Crippen molar-refractivity contribution in [1.29, 1.82) is 0 Å². The monoisotopic (exact) mass is 856 g/mol. The van der Waals surface area contributed by atoms with E-state index in [1.807, 2.05) is 106 Å². The Hall–Kier alpha value is -6.68. The number of carbonyl (C=O) groups is 2. The maximum absolute atomic E-state index is 14.5. The number of hydrogen-bond acceptors (Lipinski definition) is 13. The van der Waals surface area contributed by atoms with Crippen LogP contribution in [0.4, 0.5) is 38.7 Å². The van der Waals surface area contributed by atoms with Gasteiger partial charge in [-0.15, -0.1) is 0 Å². The summed E-state index contributed by atoms with van der Waals surface area (Å²) in [6, 6.07) is 23.8. The number of urea groups is 1. The van der Waals surface area contributed by atoms with E-state index in [4.69, 9.17) is 38.9 Å². The molecule has 16 heteroatoms. The van der Waals surface area contributed by atoms with Crippen molar-refractivity contribution in [3.8, 4) is 22.8 Å². The van der Waals surface area contributed by atoms with Gasteiger partial charge < -0.3 is 38.5 Å². The highest BCUT2D eigenvalue weighted by molar-refractivity contribution is 6.04. The van der Waals surface area contributed by atoms with Gasteiger partial charge in [0.25, 0.3) is 0 Å². The number of piperazine rings is 1. The second-order valence-electron chi connectivity index (χ2n) is 16.8. The summed E-state index contributed by atoms with van der Waals surface area (Å²) in [6.07, 6.45) is 3.91. The van der Waals surface area contributed by atoms with E-state index in [0.29, 0.717) is 102 Å². The summed E-state index contributed by atoms with van der Waals surface area (Å²) in [5, 5.41) is 0. The van der Waals surface area contributed by atoms with E-state index in [1.165, 1.54) is 0 Å². The molecule has 3 amide bonds. The van der Waals surface area contributed by atoms with Gasteiger partial charge in [-0.05, 0) is 80.8 Å². The van der Waals surface area contributed by atoms with Crippen molar-refractivity contribution in [2.24, 2.45) is 0 Å². The normalized spacial score (nSPS) is 15.2. The molecule has 16 nitrogen and oxygen atoms in total. The highest BCUT2D eigenvalue weighted by atomic mass is 16.6. The average Bonchev–Trinajstić information content (AvgIpc) is 3.75. The summed E-state index contributed by atoms with van der Waals surface area (Å²) < 4.78 is 22.1. The first-order valence-corrected chi connectivity index (χ1v) is 21.4. The summed E-state index contributed by atoms with van der Waals surface area (Å²) in [5.41, 5.74) is 5.66. The lowest BCUT2D eigenvalue weighted by Crippen LogP contribution is -2.50. The molecule has 0 saturated carbocycles. The summed E-state index contributed by atoms with van der Waals surface area (Å²) in [7, 11) is 5.11. The van der Waals surface area contributed by atoms with Gasteiger partial charge in [-0.2, -0.15) is 4.98 Å². The quantitative estimate of drug-likeness (QED) is 0.140. The highest BCUT2D eigenvalue weighted by Crippen LogP contribution is 2.37. The van der Waals surface area contributed by atoms with E-state index in [9.17, 15) is 9.59 Å². The Morgan fingerprint density at radius 1 is 0.762 bits per heavy atom. The Bertz CT molecular complexity index is 2310. The lowest BCUT2D eigenvalue weighted by atomic mass is 10.1. The standard InChI is InChI=1S/C47H56N10O6/c1-47(2,3)63-46(59)55-22-20-53(21-23-55)37-9-7-8-36(28-37)52(4)45(58)57-19-18-40-41(50-44(51-42(40)57)54-24-26-62-27-25-54)35-29-48-43(49-30-35)56(31-33-10-14-38(60-5)15-11-33)32-34-12-16-39(61-6)17-13-34/h7-17,28-30H,18-27,31-32H2,1-6H3. The second-order valence-corrected chi connectivity index (χ2v) is 16.8. The minimum Gasteiger partial charge on any atom is -0.497 e. The smallest absolute Gasteiger partial charge is 0.410 e. The van der Waals surface area contributed by atoms with Crippen LogP contribution in [0.5, 0.6) is 11.5 Å². The number of methoxy groups -OCH3 is 2. The fourth-order valence-electron chi connectivity index (χ4n) is 7.94. The number of fused-ring (bicyclic) bond motifs is 1. The summed E-state index contributed by atoms with van der Waals surface area (Å²) in [5.74, 6) is 3.26. The topological polar surface area (TPSA) is 142 Å². The van der Waals surface area contributed by atoms with Gasteiger partial charge in [-0.3, -0.25) is 9.80 Å². The van der Waals surface area contributed by atoms with Crippen LogP contribution in [0.3, 0.4) is 0 Å². The SMILES string of the molecule is COc1ccc(CN(Cc2ccc(OC)cc2)c2ncc(-c3nc(N4CCOCC4)nc4c3CCN4C(=O)N(C)c3cccc(N4CCN(C(=O)OC(C)(C)C)CC4)c3)cn2)cc1. The van der Waals surface area contributed by atoms with Gasteiger partial charge in [0, 0.05) is 101 Å². The zero-order valence-electron chi connectivity index (χ0n) is 37.0. The molecule has 3 aliphatic rings. The number of morpholine rings is 1. The molecular weight excluding hydrogens is 801 g/mol. The molecule has 0 unspecified atom stereocenters. The molecule has 5 aromatic rings. The molecule has 0 atom stereocenters. The highest BCUT2D eigenvalue weighted by Gasteiger charge is 2.34. The van der Waals surface area contributed by atoms with Crippen LogP contribution in [-0.2, 0) is 29.0 Å². The maximum atomic E-state index is 14.5.